The normalized spacial score (nSPS) is 10.9. The fraction of sp³-hybridized carbons (Fsp3) is 0.636. The molecule has 0 spiro atoms. The summed E-state index contributed by atoms with van der Waals surface area (Å²) in [5.74, 6) is -0.0420. The monoisotopic (exact) mass is 241 g/mol. The Bertz CT molecular complexity index is 399. The fourth-order valence-corrected chi connectivity index (χ4v) is 1.48. The molecule has 1 aromatic rings. The molecule has 17 heavy (non-hydrogen) atoms. The van der Waals surface area contributed by atoms with Gasteiger partial charge in [0.1, 0.15) is 5.82 Å². The van der Waals surface area contributed by atoms with Gasteiger partial charge in [0.2, 0.25) is 0 Å². The maximum Gasteiger partial charge on any atom is 0.359 e. The second kappa shape index (κ2) is 5.67. The smallest absolute Gasteiger partial charge is 0.359 e. The van der Waals surface area contributed by atoms with Crippen LogP contribution in [0, 0.1) is 0 Å². The van der Waals surface area contributed by atoms with Crippen molar-refractivity contribution in [1.82, 2.24) is 9.78 Å². The minimum atomic E-state index is -0.495. The second-order valence-corrected chi connectivity index (χ2v) is 3.88. The summed E-state index contributed by atoms with van der Waals surface area (Å²) in [5.41, 5.74) is 6.77. The molecule has 0 saturated heterocycles. The van der Waals surface area contributed by atoms with Crippen LogP contribution in [-0.2, 0) is 16.1 Å². The summed E-state index contributed by atoms with van der Waals surface area (Å²) >= 11 is 0. The molecule has 96 valence electrons. The van der Waals surface area contributed by atoms with Gasteiger partial charge in [-0.2, -0.15) is 5.10 Å². The van der Waals surface area contributed by atoms with Crippen molar-refractivity contribution >= 4 is 11.8 Å². The van der Waals surface area contributed by atoms with Gasteiger partial charge in [0.25, 0.3) is 0 Å². The molecule has 1 rings (SSSR count). The van der Waals surface area contributed by atoms with Gasteiger partial charge in [-0.05, 0) is 20.8 Å². The lowest BCUT2D eigenvalue weighted by molar-refractivity contribution is 0.0585. The summed E-state index contributed by atoms with van der Waals surface area (Å²) in [4.78, 5) is 11.6. The quantitative estimate of drug-likeness (QED) is 0.787. The van der Waals surface area contributed by atoms with Crippen molar-refractivity contribution in [2.24, 2.45) is 0 Å². The lowest BCUT2D eigenvalue weighted by atomic mass is 10.2. The van der Waals surface area contributed by atoms with Gasteiger partial charge < -0.3 is 15.2 Å². The van der Waals surface area contributed by atoms with Crippen molar-refractivity contribution in [3.63, 3.8) is 0 Å². The van der Waals surface area contributed by atoms with Crippen LogP contribution in [0.1, 0.15) is 42.9 Å². The lowest BCUT2D eigenvalue weighted by Crippen LogP contribution is -2.08. The Morgan fingerprint density at radius 1 is 1.53 bits per heavy atom. The Hall–Kier alpha value is -1.56. The number of anilines is 1. The number of esters is 1. The summed E-state index contributed by atoms with van der Waals surface area (Å²) in [5, 5.41) is 4.17. The first-order valence-electron chi connectivity index (χ1n) is 5.55. The van der Waals surface area contributed by atoms with Crippen LogP contribution in [-0.4, -0.2) is 29.5 Å². The highest BCUT2D eigenvalue weighted by Gasteiger charge is 2.22. The van der Waals surface area contributed by atoms with Crippen molar-refractivity contribution in [3.8, 4) is 0 Å². The highest BCUT2D eigenvalue weighted by atomic mass is 16.5. The zero-order valence-corrected chi connectivity index (χ0v) is 10.7. The van der Waals surface area contributed by atoms with Gasteiger partial charge in [-0.1, -0.05) is 0 Å². The number of carbonyl (C=O) groups excluding carboxylic acids is 1. The van der Waals surface area contributed by atoms with Gasteiger partial charge in [-0.15, -0.1) is 0 Å². The summed E-state index contributed by atoms with van der Waals surface area (Å²) < 4.78 is 11.6. The van der Waals surface area contributed by atoms with Crippen LogP contribution in [0.4, 0.5) is 5.82 Å². The molecule has 0 aromatic carbocycles. The van der Waals surface area contributed by atoms with Crippen molar-refractivity contribution < 1.29 is 14.3 Å². The Labute approximate surface area is 101 Å². The van der Waals surface area contributed by atoms with Gasteiger partial charge in [0.15, 0.2) is 5.69 Å². The fourth-order valence-electron chi connectivity index (χ4n) is 1.48. The first kappa shape index (κ1) is 13.5. The van der Waals surface area contributed by atoms with E-state index in [4.69, 9.17) is 10.5 Å². The zero-order chi connectivity index (χ0) is 13.0. The molecule has 0 saturated carbocycles. The first-order chi connectivity index (χ1) is 8.02. The standard InChI is InChI=1S/C11H19N3O3/c1-5-17-6-8-9(11(15)16-4)13-14(7(2)3)10(8)12/h7H,5-6,12H2,1-4H3. The molecule has 0 aliphatic carbocycles. The Morgan fingerprint density at radius 3 is 2.65 bits per heavy atom. The molecule has 2 N–H and O–H groups in total. The van der Waals surface area contributed by atoms with Crippen molar-refractivity contribution in [3.05, 3.63) is 11.3 Å². The largest absolute Gasteiger partial charge is 0.464 e. The molecule has 0 bridgehead atoms. The van der Waals surface area contributed by atoms with Crippen LogP contribution in [0.25, 0.3) is 0 Å². The number of nitrogens with zero attached hydrogens (tertiary/aromatic N) is 2. The predicted octanol–water partition coefficient (Wildman–Crippen LogP) is 1.37. The van der Waals surface area contributed by atoms with Gasteiger partial charge in [-0.25, -0.2) is 9.48 Å². The van der Waals surface area contributed by atoms with E-state index in [9.17, 15) is 4.79 Å². The molecule has 0 amide bonds. The first-order valence-corrected chi connectivity index (χ1v) is 5.55. The van der Waals surface area contributed by atoms with E-state index in [0.29, 0.717) is 18.0 Å². The van der Waals surface area contributed by atoms with Crippen molar-refractivity contribution in [2.45, 2.75) is 33.4 Å². The number of hydrogen-bond donors (Lipinski definition) is 1. The second-order valence-electron chi connectivity index (χ2n) is 3.88. The Morgan fingerprint density at radius 2 is 2.18 bits per heavy atom. The minimum Gasteiger partial charge on any atom is -0.464 e. The average molecular weight is 241 g/mol. The number of nitrogens with two attached hydrogens (primary N) is 1. The molecule has 0 unspecified atom stereocenters. The maximum atomic E-state index is 11.6. The number of aromatic nitrogens is 2. The Kier molecular flexibility index (Phi) is 4.51. The summed E-state index contributed by atoms with van der Waals surface area (Å²) in [6, 6.07) is 0.0776. The molecule has 0 atom stereocenters. The zero-order valence-electron chi connectivity index (χ0n) is 10.7. The van der Waals surface area contributed by atoms with E-state index >= 15 is 0 Å². The molecule has 1 heterocycles. The molecule has 0 aliphatic rings. The summed E-state index contributed by atoms with van der Waals surface area (Å²) in [7, 11) is 1.32. The van der Waals surface area contributed by atoms with Crippen LogP contribution < -0.4 is 5.73 Å². The Balaban J connectivity index is 3.17. The predicted molar refractivity (Wildman–Crippen MR) is 63.7 cm³/mol. The topological polar surface area (TPSA) is 79.4 Å². The van der Waals surface area contributed by atoms with E-state index in [1.165, 1.54) is 7.11 Å². The van der Waals surface area contributed by atoms with E-state index in [0.717, 1.165) is 0 Å². The van der Waals surface area contributed by atoms with E-state index < -0.39 is 5.97 Å². The van der Waals surface area contributed by atoms with Gasteiger partial charge >= 0.3 is 5.97 Å². The molecular weight excluding hydrogens is 222 g/mol. The molecule has 0 radical (unpaired) electrons. The highest BCUT2D eigenvalue weighted by Crippen LogP contribution is 2.22. The summed E-state index contributed by atoms with van der Waals surface area (Å²) in [6.45, 7) is 6.57. The molecule has 6 nitrogen and oxygen atoms in total. The average Bonchev–Trinajstić information content (AvgIpc) is 2.63. The number of ether oxygens (including phenoxy) is 2. The van der Waals surface area contributed by atoms with E-state index in [2.05, 4.69) is 9.84 Å². The molecule has 1 aromatic heterocycles. The number of methoxy groups -OCH3 is 1. The number of hydrogen-bond acceptors (Lipinski definition) is 5. The third-order valence-corrected chi connectivity index (χ3v) is 2.37. The third-order valence-electron chi connectivity index (χ3n) is 2.37. The maximum absolute atomic E-state index is 11.6. The SMILES string of the molecule is CCOCc1c(C(=O)OC)nn(C(C)C)c1N. The number of rotatable bonds is 5. The van der Waals surface area contributed by atoms with E-state index in [1.807, 2.05) is 20.8 Å². The number of nitrogen functional groups attached to an aromatic ring is 1. The van der Waals surface area contributed by atoms with Crippen molar-refractivity contribution in [1.29, 1.82) is 0 Å². The van der Waals surface area contributed by atoms with Gasteiger partial charge in [0, 0.05) is 12.6 Å². The molecule has 6 heteroatoms. The van der Waals surface area contributed by atoms with E-state index in [-0.39, 0.29) is 18.3 Å². The van der Waals surface area contributed by atoms with Crippen LogP contribution in [0.2, 0.25) is 0 Å². The van der Waals surface area contributed by atoms with Crippen LogP contribution >= 0.6 is 0 Å². The molecule has 0 fully saturated rings. The minimum absolute atomic E-state index is 0.0776. The molecular formula is C11H19N3O3. The molecule has 0 aliphatic heterocycles. The van der Waals surface area contributed by atoms with Gasteiger partial charge in [0.05, 0.1) is 19.3 Å². The lowest BCUT2D eigenvalue weighted by Gasteiger charge is -2.07. The highest BCUT2D eigenvalue weighted by molar-refractivity contribution is 5.90. The van der Waals surface area contributed by atoms with E-state index in [1.54, 1.807) is 4.68 Å². The van der Waals surface area contributed by atoms with Crippen LogP contribution in [0.3, 0.4) is 0 Å². The van der Waals surface area contributed by atoms with Crippen molar-refractivity contribution in [2.75, 3.05) is 19.5 Å². The summed E-state index contributed by atoms with van der Waals surface area (Å²) in [6.07, 6.45) is 0. The van der Waals surface area contributed by atoms with Crippen LogP contribution in [0.5, 0.6) is 0 Å². The third kappa shape index (κ3) is 2.76. The van der Waals surface area contributed by atoms with Gasteiger partial charge in [-0.3, -0.25) is 0 Å². The number of carbonyl (C=O) groups is 1. The van der Waals surface area contributed by atoms with Crippen LogP contribution in [0.15, 0.2) is 0 Å².